The average molecular weight is 424 g/mol. The van der Waals surface area contributed by atoms with Crippen LogP contribution in [0.3, 0.4) is 0 Å². The smallest absolute Gasteiger partial charge is 0.253 e. The van der Waals surface area contributed by atoms with Crippen LogP contribution in [-0.2, 0) is 31.7 Å². The Bertz CT molecular complexity index is 880. The number of sulfonamides is 1. The van der Waals surface area contributed by atoms with E-state index in [9.17, 15) is 13.2 Å². The predicted molar refractivity (Wildman–Crippen MR) is 106 cm³/mol. The Kier molecular flexibility index (Phi) is 4.73. The summed E-state index contributed by atoms with van der Waals surface area (Å²) >= 11 is 0. The third-order valence-electron chi connectivity index (χ3n) is 6.78. The Morgan fingerprint density at radius 1 is 1.14 bits per heavy atom. The molecule has 1 saturated carbocycles. The minimum absolute atomic E-state index is 0.0323. The molecule has 1 aliphatic carbocycles. The molecule has 1 aromatic rings. The van der Waals surface area contributed by atoms with Crippen LogP contribution >= 0.6 is 0 Å². The Morgan fingerprint density at radius 3 is 2.48 bits per heavy atom. The third-order valence-corrected chi connectivity index (χ3v) is 9.18. The van der Waals surface area contributed by atoms with Gasteiger partial charge in [0, 0.05) is 51.7 Å². The molecule has 1 aromatic heterocycles. The van der Waals surface area contributed by atoms with Gasteiger partial charge in [0.25, 0.3) is 5.91 Å². The van der Waals surface area contributed by atoms with Crippen molar-refractivity contribution < 1.29 is 17.9 Å². The third kappa shape index (κ3) is 3.39. The van der Waals surface area contributed by atoms with Crippen LogP contribution in [0.1, 0.15) is 31.5 Å². The molecule has 1 unspecified atom stereocenters. The van der Waals surface area contributed by atoms with E-state index in [1.165, 1.54) is 0 Å². The molecular formula is C19H29N5O4S. The Hall–Kier alpha value is -1.49. The fourth-order valence-corrected chi connectivity index (χ4v) is 6.62. The molecule has 3 aliphatic heterocycles. The number of ether oxygens (including phenoxy) is 1. The largest absolute Gasteiger partial charge is 0.352 e. The van der Waals surface area contributed by atoms with E-state index in [-0.39, 0.29) is 11.2 Å². The summed E-state index contributed by atoms with van der Waals surface area (Å²) in [6.07, 6.45) is 5.70. The number of piperazine rings is 1. The van der Waals surface area contributed by atoms with Gasteiger partial charge in [-0.1, -0.05) is 0 Å². The van der Waals surface area contributed by atoms with Gasteiger partial charge in [0.05, 0.1) is 11.8 Å². The Labute approximate surface area is 171 Å². The highest BCUT2D eigenvalue weighted by molar-refractivity contribution is 7.90. The molecule has 0 aromatic carbocycles. The number of likely N-dealkylation sites (N-methyl/N-ethyl adjacent to an activating group) is 1. The number of aromatic nitrogens is 2. The lowest BCUT2D eigenvalue weighted by molar-refractivity contribution is -0.180. The van der Waals surface area contributed by atoms with Crippen LogP contribution in [0, 0.1) is 0 Å². The maximum atomic E-state index is 13.2. The summed E-state index contributed by atoms with van der Waals surface area (Å²) in [4.78, 5) is 21.8. The molecule has 160 valence electrons. The maximum absolute atomic E-state index is 13.2. The van der Waals surface area contributed by atoms with Crippen LogP contribution in [0.15, 0.2) is 12.4 Å². The first-order chi connectivity index (χ1) is 13.9. The van der Waals surface area contributed by atoms with Crippen molar-refractivity contribution in [2.24, 2.45) is 0 Å². The summed E-state index contributed by atoms with van der Waals surface area (Å²) in [6, 6.07) is 0. The molecule has 3 fully saturated rings. The molecule has 0 N–H and O–H groups in total. The average Bonchev–Trinajstić information content (AvgIpc) is 3.47. The standard InChI is InChI=1S/C19H29N5O4S/c1-21-10-12-22(13-11-21)17(25)16-14-23-9-6-20-18(23)19(28-16)4-7-24(8-5-19)29(26,27)15-2-3-15/h6,9,15-16H,2-5,7-8,10-14H2,1H3. The summed E-state index contributed by atoms with van der Waals surface area (Å²) in [7, 11) is -1.12. The molecule has 10 heteroatoms. The number of hydrogen-bond acceptors (Lipinski definition) is 6. The Morgan fingerprint density at radius 2 is 1.83 bits per heavy atom. The van der Waals surface area contributed by atoms with Crippen LogP contribution < -0.4 is 0 Å². The number of piperidine rings is 1. The van der Waals surface area contributed by atoms with Gasteiger partial charge in [0.2, 0.25) is 10.0 Å². The molecule has 9 nitrogen and oxygen atoms in total. The summed E-state index contributed by atoms with van der Waals surface area (Å²) in [6.45, 7) is 4.47. The number of hydrogen-bond donors (Lipinski definition) is 0. The minimum Gasteiger partial charge on any atom is -0.352 e. The van der Waals surface area contributed by atoms with Gasteiger partial charge < -0.3 is 19.1 Å². The van der Waals surface area contributed by atoms with Crippen molar-refractivity contribution in [2.45, 2.75) is 49.2 Å². The van der Waals surface area contributed by atoms with Crippen molar-refractivity contribution in [3.05, 3.63) is 18.2 Å². The van der Waals surface area contributed by atoms with Crippen molar-refractivity contribution in [3.63, 3.8) is 0 Å². The van der Waals surface area contributed by atoms with Gasteiger partial charge in [0.1, 0.15) is 11.4 Å². The molecule has 5 rings (SSSR count). The molecule has 1 amide bonds. The lowest BCUT2D eigenvalue weighted by Gasteiger charge is -2.46. The van der Waals surface area contributed by atoms with Gasteiger partial charge in [-0.05, 0) is 32.7 Å². The second-order valence-corrected chi connectivity index (χ2v) is 11.0. The van der Waals surface area contributed by atoms with E-state index in [1.54, 1.807) is 10.5 Å². The zero-order valence-electron chi connectivity index (χ0n) is 16.9. The van der Waals surface area contributed by atoms with Gasteiger partial charge in [0.15, 0.2) is 6.10 Å². The molecular weight excluding hydrogens is 394 g/mol. The summed E-state index contributed by atoms with van der Waals surface area (Å²) in [5.74, 6) is 0.855. The number of carbonyl (C=O) groups excluding carboxylic acids is 1. The van der Waals surface area contributed by atoms with Crippen molar-refractivity contribution in [1.29, 1.82) is 0 Å². The van der Waals surface area contributed by atoms with E-state index in [1.807, 2.05) is 15.7 Å². The molecule has 4 aliphatic rings. The number of imidazole rings is 1. The SMILES string of the molecule is CN1CCN(C(=O)C2Cn3ccnc3C3(CCN(S(=O)(=O)C4CC4)CC3)O2)CC1. The van der Waals surface area contributed by atoms with Crippen LogP contribution in [0.2, 0.25) is 0 Å². The monoisotopic (exact) mass is 423 g/mol. The first-order valence-corrected chi connectivity index (χ1v) is 12.1. The molecule has 0 bridgehead atoms. The first-order valence-electron chi connectivity index (χ1n) is 10.5. The van der Waals surface area contributed by atoms with E-state index < -0.39 is 21.7 Å². The number of rotatable bonds is 3. The van der Waals surface area contributed by atoms with E-state index in [4.69, 9.17) is 4.74 Å². The van der Waals surface area contributed by atoms with Crippen LogP contribution in [0.4, 0.5) is 0 Å². The highest BCUT2D eigenvalue weighted by Gasteiger charge is 2.50. The van der Waals surface area contributed by atoms with Crippen molar-refractivity contribution >= 4 is 15.9 Å². The van der Waals surface area contributed by atoms with Crippen LogP contribution in [0.5, 0.6) is 0 Å². The summed E-state index contributed by atoms with van der Waals surface area (Å²) in [5, 5.41) is -0.197. The van der Waals surface area contributed by atoms with Crippen molar-refractivity contribution in [2.75, 3.05) is 46.3 Å². The van der Waals surface area contributed by atoms with Gasteiger partial charge >= 0.3 is 0 Å². The summed E-state index contributed by atoms with van der Waals surface area (Å²) < 4.78 is 35.3. The highest BCUT2D eigenvalue weighted by Crippen LogP contribution is 2.42. The first kappa shape index (κ1) is 19.5. The van der Waals surface area contributed by atoms with E-state index in [0.29, 0.717) is 45.6 Å². The quantitative estimate of drug-likeness (QED) is 0.671. The maximum Gasteiger partial charge on any atom is 0.253 e. The molecule has 4 heterocycles. The fraction of sp³-hybridized carbons (Fsp3) is 0.789. The van der Waals surface area contributed by atoms with Gasteiger partial charge in [-0.25, -0.2) is 17.7 Å². The number of nitrogens with zero attached hydrogens (tertiary/aromatic N) is 5. The molecule has 2 saturated heterocycles. The normalized spacial score (nSPS) is 28.4. The number of carbonyl (C=O) groups is 1. The molecule has 29 heavy (non-hydrogen) atoms. The lowest BCUT2D eigenvalue weighted by Crippen LogP contribution is -2.57. The molecule has 1 spiro atoms. The molecule has 1 atom stereocenters. The van der Waals surface area contributed by atoms with Gasteiger partial charge in [-0.2, -0.15) is 0 Å². The zero-order chi connectivity index (χ0) is 20.2. The zero-order valence-corrected chi connectivity index (χ0v) is 17.7. The molecule has 0 radical (unpaired) electrons. The van der Waals surface area contributed by atoms with Crippen molar-refractivity contribution in [3.8, 4) is 0 Å². The Balaban J connectivity index is 1.34. The van der Waals surface area contributed by atoms with Crippen LogP contribution in [0.25, 0.3) is 0 Å². The highest BCUT2D eigenvalue weighted by atomic mass is 32.2. The second kappa shape index (κ2) is 7.04. The minimum atomic E-state index is -3.19. The second-order valence-electron chi connectivity index (χ2n) is 8.78. The van der Waals surface area contributed by atoms with Crippen LogP contribution in [-0.4, -0.2) is 95.7 Å². The van der Waals surface area contributed by atoms with E-state index in [2.05, 4.69) is 16.9 Å². The van der Waals surface area contributed by atoms with Gasteiger partial charge in [-0.15, -0.1) is 0 Å². The topological polar surface area (TPSA) is 88.0 Å². The van der Waals surface area contributed by atoms with E-state index >= 15 is 0 Å². The summed E-state index contributed by atoms with van der Waals surface area (Å²) in [5.41, 5.74) is -0.690. The lowest BCUT2D eigenvalue weighted by atomic mass is 9.89. The fourth-order valence-electron chi connectivity index (χ4n) is 4.78. The number of fused-ring (bicyclic) bond motifs is 2. The predicted octanol–water partition coefficient (Wildman–Crippen LogP) is -0.161. The van der Waals surface area contributed by atoms with Gasteiger partial charge in [-0.3, -0.25) is 4.79 Å². The van der Waals surface area contributed by atoms with E-state index in [0.717, 1.165) is 31.8 Å². The number of amides is 1. The van der Waals surface area contributed by atoms with Crippen molar-refractivity contribution in [1.82, 2.24) is 23.7 Å².